The number of nitrogens with zero attached hydrogens (tertiary/aromatic N) is 3. The molecule has 86 heavy (non-hydrogen) atoms. The van der Waals surface area contributed by atoms with E-state index < -0.39 is 0 Å². The van der Waals surface area contributed by atoms with Crippen molar-refractivity contribution in [3.8, 4) is 33.8 Å². The van der Waals surface area contributed by atoms with Crippen LogP contribution in [0.5, 0.6) is 11.5 Å². The molecule has 0 spiro atoms. The van der Waals surface area contributed by atoms with Gasteiger partial charge in [0.25, 0.3) is 13.4 Å². The molecule has 0 aromatic heterocycles. The first-order chi connectivity index (χ1) is 40.8. The van der Waals surface area contributed by atoms with E-state index in [-0.39, 0.29) is 40.5 Å². The topological polar surface area (TPSA) is 19.0 Å². The van der Waals surface area contributed by atoms with Gasteiger partial charge in [-0.05, 0) is 183 Å². The van der Waals surface area contributed by atoms with E-state index >= 15 is 0 Å². The van der Waals surface area contributed by atoms with Crippen LogP contribution in [0.25, 0.3) is 22.3 Å². The predicted octanol–water partition coefficient (Wildman–Crippen LogP) is 18.0. The average molecular weight is 1120 g/mol. The fraction of sp³-hybridized carbons (Fsp3) is 0.250. The van der Waals surface area contributed by atoms with Gasteiger partial charge in [0.15, 0.2) is 0 Å². The van der Waals surface area contributed by atoms with E-state index in [4.69, 9.17) is 4.74 Å². The van der Waals surface area contributed by atoms with Crippen molar-refractivity contribution in [2.75, 3.05) is 14.7 Å². The number of hydrogen-bond acceptors (Lipinski definition) is 4. The van der Waals surface area contributed by atoms with Crippen molar-refractivity contribution in [3.63, 3.8) is 0 Å². The maximum absolute atomic E-state index is 7.73. The molecule has 10 aromatic rings. The molecule has 0 saturated heterocycles. The summed E-state index contributed by atoms with van der Waals surface area (Å²) in [4.78, 5) is 7.67. The Balaban J connectivity index is 1.09. The predicted molar refractivity (Wildman–Crippen MR) is 371 cm³/mol. The molecule has 0 atom stereocenters. The van der Waals surface area contributed by atoms with Gasteiger partial charge >= 0.3 is 0 Å². The quantitative estimate of drug-likeness (QED) is 0.160. The number of rotatable bonds is 5. The van der Waals surface area contributed by atoms with Gasteiger partial charge in [0.1, 0.15) is 11.5 Å². The van der Waals surface area contributed by atoms with Crippen LogP contribution < -0.4 is 52.2 Å². The third-order valence-corrected chi connectivity index (χ3v) is 18.9. The Morgan fingerprint density at radius 3 is 0.988 bits per heavy atom. The molecular formula is C80H79B2N3O. The van der Waals surface area contributed by atoms with Crippen LogP contribution in [0.3, 0.4) is 0 Å². The monoisotopic (exact) mass is 1120 g/mol. The first-order valence-electron chi connectivity index (χ1n) is 31.1. The van der Waals surface area contributed by atoms with Crippen LogP contribution in [-0.4, -0.2) is 13.4 Å². The molecule has 4 nitrogen and oxygen atoms in total. The highest BCUT2D eigenvalue weighted by atomic mass is 16.5. The number of hydrogen-bond donors (Lipinski definition) is 0. The fourth-order valence-electron chi connectivity index (χ4n) is 13.9. The molecule has 0 bridgehead atoms. The highest BCUT2D eigenvalue weighted by molar-refractivity contribution is 7.02. The van der Waals surface area contributed by atoms with Crippen LogP contribution in [0.15, 0.2) is 206 Å². The van der Waals surface area contributed by atoms with Gasteiger partial charge in [-0.15, -0.1) is 0 Å². The zero-order chi connectivity index (χ0) is 60.1. The summed E-state index contributed by atoms with van der Waals surface area (Å²) in [6, 6.07) is 79.2. The van der Waals surface area contributed by atoms with Crippen LogP contribution in [0, 0.1) is 0 Å². The Morgan fingerprint density at radius 1 is 0.256 bits per heavy atom. The molecule has 4 aliphatic rings. The zero-order valence-electron chi connectivity index (χ0n) is 53.0. The molecule has 0 amide bonds. The van der Waals surface area contributed by atoms with Gasteiger partial charge in [-0.3, -0.25) is 0 Å². The molecular weight excluding hydrogens is 1040 g/mol. The van der Waals surface area contributed by atoms with E-state index in [1.165, 1.54) is 94.5 Å². The summed E-state index contributed by atoms with van der Waals surface area (Å²) in [6.07, 6.45) is 0. The van der Waals surface area contributed by atoms with Crippen LogP contribution in [0.1, 0.15) is 132 Å². The number of ether oxygens (including phenoxy) is 1. The SMILES string of the molecule is CC(C)(C)c1ccc(N2c3ccc(C(C)(C)C)cc3B3c4cc5c(cc4Oc4cc(-c6ccccc6)cc2c43)N(c2ccc(C(C)(C)C)cc2)c2cc(-c3ccccc3)cc3c2B5c2cc(C(C)(C)C)ccc2N3c2ccc(C(C)(C)C)cc2)cc1. The van der Waals surface area contributed by atoms with Gasteiger partial charge in [-0.1, -0.05) is 231 Å². The normalized spacial score (nSPS) is 14.2. The largest absolute Gasteiger partial charge is 0.458 e. The minimum absolute atomic E-state index is 0.00163. The van der Waals surface area contributed by atoms with Crippen molar-refractivity contribution in [1.29, 1.82) is 0 Å². The van der Waals surface area contributed by atoms with E-state index in [0.29, 0.717) is 0 Å². The van der Waals surface area contributed by atoms with Crippen molar-refractivity contribution in [2.45, 2.75) is 131 Å². The van der Waals surface area contributed by atoms with Crippen molar-refractivity contribution >= 4 is 97.4 Å². The molecule has 4 heterocycles. The summed E-state index contributed by atoms with van der Waals surface area (Å²) in [5.74, 6) is 1.77. The second-order valence-electron chi connectivity index (χ2n) is 29.9. The third-order valence-electron chi connectivity index (χ3n) is 18.9. The van der Waals surface area contributed by atoms with Crippen molar-refractivity contribution in [1.82, 2.24) is 0 Å². The number of benzene rings is 10. The van der Waals surface area contributed by atoms with Crippen LogP contribution >= 0.6 is 0 Å². The molecule has 0 unspecified atom stereocenters. The smallest absolute Gasteiger partial charge is 0.256 e. The molecule has 0 saturated carbocycles. The lowest BCUT2D eigenvalue weighted by Crippen LogP contribution is -2.64. The van der Waals surface area contributed by atoms with E-state index in [1.807, 2.05) is 0 Å². The maximum Gasteiger partial charge on any atom is 0.256 e. The highest BCUT2D eigenvalue weighted by Gasteiger charge is 2.48. The van der Waals surface area contributed by atoms with Gasteiger partial charge in [-0.25, -0.2) is 0 Å². The van der Waals surface area contributed by atoms with Gasteiger partial charge in [0.2, 0.25) is 0 Å². The van der Waals surface area contributed by atoms with Crippen molar-refractivity contribution < 1.29 is 4.74 Å². The van der Waals surface area contributed by atoms with Gasteiger partial charge in [0, 0.05) is 57.3 Å². The van der Waals surface area contributed by atoms with E-state index in [2.05, 4.69) is 325 Å². The first kappa shape index (κ1) is 55.4. The standard InChI is InChI=1S/C80H79B2N3O/c1-76(2,3)54-26-34-59(35-27-54)83-66-40-32-57(79(10,11)12)46-62(66)81-64-48-65-72(49-68(64)85(61-38-30-56(31-39-61)78(7,8)9)70-43-52(42-69(83)74(70)81)50-22-18-16-19-23-50)86-73-45-53(51-24-20-17-21-25-51)44-71-75(73)82(65)63-47-58(80(13,14)15)33-41-67(63)84(71)60-36-28-55(29-37-60)77(4,5)6/h16-49H,1-15H3. The number of fused-ring (bicyclic) bond motifs is 8. The van der Waals surface area contributed by atoms with Crippen LogP contribution in [-0.2, 0) is 27.1 Å². The van der Waals surface area contributed by atoms with Crippen molar-refractivity contribution in [2.24, 2.45) is 0 Å². The summed E-state index contributed by atoms with van der Waals surface area (Å²) in [5, 5.41) is 0. The fourth-order valence-corrected chi connectivity index (χ4v) is 13.9. The summed E-state index contributed by atoms with van der Waals surface area (Å²) in [6.45, 7) is 34.5. The summed E-state index contributed by atoms with van der Waals surface area (Å²) < 4.78 is 7.73. The molecule has 6 heteroatoms. The molecule has 0 fully saturated rings. The Morgan fingerprint density at radius 2 is 0.593 bits per heavy atom. The molecule has 4 aliphatic heterocycles. The van der Waals surface area contributed by atoms with Crippen LogP contribution in [0.2, 0.25) is 0 Å². The van der Waals surface area contributed by atoms with E-state index in [0.717, 1.165) is 51.1 Å². The Labute approximate surface area is 512 Å². The summed E-state index contributed by atoms with van der Waals surface area (Å²) >= 11 is 0. The minimum atomic E-state index is -0.149. The van der Waals surface area contributed by atoms with Crippen molar-refractivity contribution in [3.05, 3.63) is 234 Å². The van der Waals surface area contributed by atoms with Gasteiger partial charge in [0.05, 0.1) is 0 Å². The molecule has 0 radical (unpaired) electrons. The Bertz CT molecular complexity index is 4320. The second kappa shape index (κ2) is 19.5. The van der Waals surface area contributed by atoms with E-state index in [1.54, 1.807) is 0 Å². The highest BCUT2D eigenvalue weighted by Crippen LogP contribution is 2.50. The molecule has 426 valence electrons. The molecule has 0 aliphatic carbocycles. The molecule has 10 aromatic carbocycles. The lowest BCUT2D eigenvalue weighted by molar-refractivity contribution is 0.488. The van der Waals surface area contributed by atoms with Crippen LogP contribution in [0.4, 0.5) is 51.2 Å². The lowest BCUT2D eigenvalue weighted by atomic mass is 9.30. The number of anilines is 9. The van der Waals surface area contributed by atoms with Gasteiger partial charge in [-0.2, -0.15) is 0 Å². The second-order valence-corrected chi connectivity index (χ2v) is 29.9. The average Bonchev–Trinajstić information content (AvgIpc) is 0.753. The zero-order valence-corrected chi connectivity index (χ0v) is 53.0. The third kappa shape index (κ3) is 9.20. The summed E-state index contributed by atoms with van der Waals surface area (Å²) in [5.41, 5.74) is 28.8. The maximum atomic E-state index is 7.73. The Kier molecular flexibility index (Phi) is 12.6. The lowest BCUT2D eigenvalue weighted by Gasteiger charge is -2.46. The minimum Gasteiger partial charge on any atom is -0.458 e. The van der Waals surface area contributed by atoms with E-state index in [9.17, 15) is 0 Å². The molecule has 0 N–H and O–H groups in total. The Hall–Kier alpha value is -8.47. The molecule has 14 rings (SSSR count). The summed E-state index contributed by atoms with van der Waals surface area (Å²) in [7, 11) is 0. The first-order valence-corrected chi connectivity index (χ1v) is 31.1. The van der Waals surface area contributed by atoms with Gasteiger partial charge < -0.3 is 19.4 Å².